The maximum absolute atomic E-state index is 11.1. The number of likely N-dealkylation sites (tertiary alicyclic amines) is 1. The van der Waals surface area contributed by atoms with Crippen molar-refractivity contribution in [3.05, 3.63) is 29.8 Å². The zero-order valence-electron chi connectivity index (χ0n) is 11.7. The van der Waals surface area contributed by atoms with Crippen molar-refractivity contribution in [1.29, 1.82) is 0 Å². The number of carboxylic acids is 1. The molecule has 1 unspecified atom stereocenters. The number of carbonyl (C=O) groups is 1. The number of benzene rings is 1. The number of carboxylic acid groups (broad SMARTS) is 1. The van der Waals surface area contributed by atoms with Crippen LogP contribution in [0.25, 0.3) is 0 Å². The summed E-state index contributed by atoms with van der Waals surface area (Å²) in [5.41, 5.74) is 0.214. The third-order valence-electron chi connectivity index (χ3n) is 3.55. The lowest BCUT2D eigenvalue weighted by molar-refractivity contribution is 0.0691. The van der Waals surface area contributed by atoms with Gasteiger partial charge in [0.1, 0.15) is 17.9 Å². The topological polar surface area (TPSA) is 59.0 Å². The number of para-hydroxylation sites is 1. The van der Waals surface area contributed by atoms with Crippen molar-refractivity contribution >= 4 is 5.97 Å². The maximum Gasteiger partial charge on any atom is 0.339 e. The second-order valence-corrected chi connectivity index (χ2v) is 5.06. The first kappa shape index (κ1) is 14.8. The lowest BCUT2D eigenvalue weighted by atomic mass is 10.1. The molecule has 1 aromatic rings. The summed E-state index contributed by atoms with van der Waals surface area (Å²) >= 11 is 0. The summed E-state index contributed by atoms with van der Waals surface area (Å²) in [6.07, 6.45) is 1.15. The van der Waals surface area contributed by atoms with Crippen LogP contribution in [-0.4, -0.2) is 55.9 Å². The molecule has 5 heteroatoms. The molecular weight excluding hydrogens is 258 g/mol. The van der Waals surface area contributed by atoms with Crippen LogP contribution in [0.3, 0.4) is 0 Å². The number of hydrogen-bond donors (Lipinski definition) is 1. The third-order valence-corrected chi connectivity index (χ3v) is 3.55. The molecule has 0 aromatic heterocycles. The minimum atomic E-state index is -0.957. The van der Waals surface area contributed by atoms with Crippen LogP contribution in [0.5, 0.6) is 5.75 Å². The Morgan fingerprint density at radius 2 is 2.25 bits per heavy atom. The number of methoxy groups -OCH3 is 1. The molecule has 0 spiro atoms. The van der Waals surface area contributed by atoms with E-state index in [-0.39, 0.29) is 5.56 Å². The Morgan fingerprint density at radius 3 is 3.00 bits per heavy atom. The average Bonchev–Trinajstić information content (AvgIpc) is 2.87. The standard InChI is InChI=1S/C15H21NO4/c1-19-11-12-6-7-16(10-12)8-9-20-14-5-3-2-4-13(14)15(17)18/h2-5,12H,6-11H2,1H3,(H,17,18). The van der Waals surface area contributed by atoms with Gasteiger partial charge in [-0.25, -0.2) is 4.79 Å². The minimum Gasteiger partial charge on any atom is -0.491 e. The van der Waals surface area contributed by atoms with Gasteiger partial charge in [0.05, 0.1) is 6.61 Å². The molecule has 2 rings (SSSR count). The van der Waals surface area contributed by atoms with Crippen LogP contribution >= 0.6 is 0 Å². The molecule has 1 aliphatic rings. The van der Waals surface area contributed by atoms with Crippen molar-refractivity contribution in [2.75, 3.05) is 40.0 Å². The molecule has 1 N–H and O–H groups in total. The van der Waals surface area contributed by atoms with Gasteiger partial charge < -0.3 is 14.6 Å². The quantitative estimate of drug-likeness (QED) is 0.823. The first-order valence-corrected chi connectivity index (χ1v) is 6.87. The van der Waals surface area contributed by atoms with E-state index in [4.69, 9.17) is 14.6 Å². The molecule has 1 aromatic carbocycles. The summed E-state index contributed by atoms with van der Waals surface area (Å²) in [5, 5.41) is 9.07. The van der Waals surface area contributed by atoms with Crippen LogP contribution in [-0.2, 0) is 4.74 Å². The van der Waals surface area contributed by atoms with Gasteiger partial charge in [0.15, 0.2) is 0 Å². The van der Waals surface area contributed by atoms with Crippen LogP contribution in [0.1, 0.15) is 16.8 Å². The van der Waals surface area contributed by atoms with Crippen LogP contribution < -0.4 is 4.74 Å². The number of rotatable bonds is 7. The Hall–Kier alpha value is -1.59. The van der Waals surface area contributed by atoms with Crippen molar-refractivity contribution in [3.8, 4) is 5.75 Å². The van der Waals surface area contributed by atoms with E-state index in [1.807, 2.05) is 0 Å². The molecule has 5 nitrogen and oxygen atoms in total. The highest BCUT2D eigenvalue weighted by Crippen LogP contribution is 2.19. The molecule has 20 heavy (non-hydrogen) atoms. The van der Waals surface area contributed by atoms with Gasteiger partial charge in [-0.3, -0.25) is 4.90 Å². The van der Waals surface area contributed by atoms with Crippen molar-refractivity contribution in [2.24, 2.45) is 5.92 Å². The van der Waals surface area contributed by atoms with Crippen molar-refractivity contribution in [3.63, 3.8) is 0 Å². The second-order valence-electron chi connectivity index (χ2n) is 5.06. The maximum atomic E-state index is 11.1. The summed E-state index contributed by atoms with van der Waals surface area (Å²) < 4.78 is 10.8. The summed E-state index contributed by atoms with van der Waals surface area (Å²) in [6.45, 7) is 4.20. The summed E-state index contributed by atoms with van der Waals surface area (Å²) in [6, 6.07) is 6.74. The van der Waals surface area contributed by atoms with Crippen molar-refractivity contribution < 1.29 is 19.4 Å². The van der Waals surface area contributed by atoms with E-state index in [0.29, 0.717) is 18.3 Å². The fourth-order valence-corrected chi connectivity index (χ4v) is 2.54. The van der Waals surface area contributed by atoms with E-state index >= 15 is 0 Å². The van der Waals surface area contributed by atoms with E-state index in [2.05, 4.69) is 4.90 Å². The molecule has 0 radical (unpaired) electrons. The van der Waals surface area contributed by atoms with E-state index in [9.17, 15) is 4.79 Å². The van der Waals surface area contributed by atoms with Gasteiger partial charge >= 0.3 is 5.97 Å². The van der Waals surface area contributed by atoms with Gasteiger partial charge in [-0.15, -0.1) is 0 Å². The van der Waals surface area contributed by atoms with Crippen LogP contribution in [0.15, 0.2) is 24.3 Å². The Morgan fingerprint density at radius 1 is 1.45 bits per heavy atom. The molecule has 110 valence electrons. The highest BCUT2D eigenvalue weighted by Gasteiger charge is 2.22. The average molecular weight is 279 g/mol. The number of nitrogens with zero attached hydrogens (tertiary/aromatic N) is 1. The minimum absolute atomic E-state index is 0.214. The van der Waals surface area contributed by atoms with Gasteiger partial charge in [-0.05, 0) is 31.0 Å². The summed E-state index contributed by atoms with van der Waals surface area (Å²) in [7, 11) is 1.73. The molecule has 1 aliphatic heterocycles. The molecule has 0 bridgehead atoms. The molecule has 0 saturated carbocycles. The molecule has 0 amide bonds. The second kappa shape index (κ2) is 7.26. The number of hydrogen-bond acceptors (Lipinski definition) is 4. The fourth-order valence-electron chi connectivity index (χ4n) is 2.54. The van der Waals surface area contributed by atoms with Gasteiger partial charge in [0.2, 0.25) is 0 Å². The van der Waals surface area contributed by atoms with Gasteiger partial charge in [-0.2, -0.15) is 0 Å². The van der Waals surface area contributed by atoms with E-state index in [1.54, 1.807) is 31.4 Å². The molecule has 1 atom stereocenters. The summed E-state index contributed by atoms with van der Waals surface area (Å²) in [5.74, 6) is 0.0841. The molecule has 0 aliphatic carbocycles. The molecule has 1 fully saturated rings. The van der Waals surface area contributed by atoms with E-state index < -0.39 is 5.97 Å². The Bertz CT molecular complexity index is 449. The number of ether oxygens (including phenoxy) is 2. The highest BCUT2D eigenvalue weighted by molar-refractivity contribution is 5.90. The fraction of sp³-hybridized carbons (Fsp3) is 0.533. The van der Waals surface area contributed by atoms with Crippen LogP contribution in [0.4, 0.5) is 0 Å². The van der Waals surface area contributed by atoms with Gasteiger partial charge in [-0.1, -0.05) is 12.1 Å². The molecule has 1 heterocycles. The summed E-state index contributed by atoms with van der Waals surface area (Å²) in [4.78, 5) is 13.4. The Kier molecular flexibility index (Phi) is 5.38. The lowest BCUT2D eigenvalue weighted by Gasteiger charge is -2.16. The zero-order valence-corrected chi connectivity index (χ0v) is 11.7. The monoisotopic (exact) mass is 279 g/mol. The van der Waals surface area contributed by atoms with Crippen molar-refractivity contribution in [1.82, 2.24) is 4.90 Å². The predicted molar refractivity (Wildman–Crippen MR) is 75.3 cm³/mol. The van der Waals surface area contributed by atoms with Crippen LogP contribution in [0.2, 0.25) is 0 Å². The lowest BCUT2D eigenvalue weighted by Crippen LogP contribution is -2.27. The SMILES string of the molecule is COCC1CCN(CCOc2ccccc2C(=O)O)C1. The molecular formula is C15H21NO4. The van der Waals surface area contributed by atoms with E-state index in [0.717, 1.165) is 32.7 Å². The third kappa shape index (κ3) is 3.95. The van der Waals surface area contributed by atoms with Crippen molar-refractivity contribution in [2.45, 2.75) is 6.42 Å². The Balaban J connectivity index is 1.78. The normalized spacial score (nSPS) is 19.1. The smallest absolute Gasteiger partial charge is 0.339 e. The highest BCUT2D eigenvalue weighted by atomic mass is 16.5. The largest absolute Gasteiger partial charge is 0.491 e. The predicted octanol–water partition coefficient (Wildman–Crippen LogP) is 1.73. The number of aromatic carboxylic acids is 1. The zero-order chi connectivity index (χ0) is 14.4. The van der Waals surface area contributed by atoms with Gasteiger partial charge in [0, 0.05) is 20.2 Å². The molecule has 1 saturated heterocycles. The van der Waals surface area contributed by atoms with Gasteiger partial charge in [0.25, 0.3) is 0 Å². The first-order chi connectivity index (χ1) is 9.70. The first-order valence-electron chi connectivity index (χ1n) is 6.87. The Labute approximate surface area is 119 Å². The van der Waals surface area contributed by atoms with E-state index in [1.165, 1.54) is 0 Å². The van der Waals surface area contributed by atoms with Crippen LogP contribution in [0, 0.1) is 5.92 Å².